The molecule has 212 valence electrons. The molecule has 4 aromatic rings. The lowest BCUT2D eigenvalue weighted by Crippen LogP contribution is -2.23. The van der Waals surface area contributed by atoms with Gasteiger partial charge in [0.05, 0.1) is 25.2 Å². The average molecular weight is 586 g/mol. The number of aliphatic hydroxyl groups is 1. The highest BCUT2D eigenvalue weighted by Gasteiger charge is 2.11. The van der Waals surface area contributed by atoms with E-state index < -0.39 is 6.10 Å². The standard InChI is InChI=1S/C30H32N4O4.2ClH/c1-38-30(37)25-11-7-23(8-12-25)21-34-18-17-32-28(34)19-29(36)33-26-13-9-22(10-14-26)15-16-31-20-27(35)24-5-3-2-4-6-24;;/h2-14,17-18,27,31,35H,15-16,19-21H2,1H3,(H,33,36);2*1H. The number of aromatic nitrogens is 2. The Morgan fingerprint density at radius 2 is 1.62 bits per heavy atom. The fourth-order valence-corrected chi connectivity index (χ4v) is 4.08. The third-order valence-electron chi connectivity index (χ3n) is 6.20. The molecule has 0 aliphatic heterocycles. The molecule has 1 amide bonds. The minimum atomic E-state index is -0.531. The van der Waals surface area contributed by atoms with Gasteiger partial charge in [0.1, 0.15) is 5.82 Å². The number of hydrogen-bond donors (Lipinski definition) is 3. The second-order valence-electron chi connectivity index (χ2n) is 8.96. The number of imidazole rings is 1. The van der Waals surface area contributed by atoms with E-state index in [1.807, 2.05) is 77.5 Å². The summed E-state index contributed by atoms with van der Waals surface area (Å²) in [6.07, 6.45) is 3.93. The molecule has 1 atom stereocenters. The number of carbonyl (C=O) groups excluding carboxylic acids is 2. The predicted octanol–water partition coefficient (Wildman–Crippen LogP) is 4.61. The van der Waals surface area contributed by atoms with Gasteiger partial charge < -0.3 is 25.0 Å². The van der Waals surface area contributed by atoms with Gasteiger partial charge >= 0.3 is 5.97 Å². The molecule has 3 aromatic carbocycles. The first-order valence-electron chi connectivity index (χ1n) is 12.5. The Bertz CT molecular complexity index is 1330. The molecule has 4 rings (SSSR count). The Labute approximate surface area is 246 Å². The lowest BCUT2D eigenvalue weighted by Gasteiger charge is -2.12. The van der Waals surface area contributed by atoms with E-state index in [0.717, 1.165) is 35.3 Å². The maximum absolute atomic E-state index is 12.7. The first-order chi connectivity index (χ1) is 18.5. The van der Waals surface area contributed by atoms with Crippen molar-refractivity contribution in [1.82, 2.24) is 14.9 Å². The molecule has 0 spiro atoms. The lowest BCUT2D eigenvalue weighted by atomic mass is 10.1. The Morgan fingerprint density at radius 3 is 2.30 bits per heavy atom. The third-order valence-corrected chi connectivity index (χ3v) is 6.20. The van der Waals surface area contributed by atoms with Crippen molar-refractivity contribution in [2.75, 3.05) is 25.5 Å². The summed E-state index contributed by atoms with van der Waals surface area (Å²) in [6.45, 7) is 1.77. The largest absolute Gasteiger partial charge is 0.465 e. The molecular formula is C30H34Cl2N4O4. The molecular weight excluding hydrogens is 551 g/mol. The van der Waals surface area contributed by atoms with Crippen LogP contribution in [0.3, 0.4) is 0 Å². The number of nitrogens with one attached hydrogen (secondary N) is 2. The number of halogens is 2. The van der Waals surface area contributed by atoms with Crippen LogP contribution in [0.1, 0.15) is 39.0 Å². The van der Waals surface area contributed by atoms with Crippen LogP contribution in [-0.2, 0) is 28.9 Å². The summed E-state index contributed by atoms with van der Waals surface area (Å²) < 4.78 is 6.65. The predicted molar refractivity (Wildman–Crippen MR) is 160 cm³/mol. The van der Waals surface area contributed by atoms with Crippen molar-refractivity contribution in [2.24, 2.45) is 0 Å². The number of benzene rings is 3. The maximum Gasteiger partial charge on any atom is 0.337 e. The number of ether oxygens (including phenoxy) is 1. The van der Waals surface area contributed by atoms with E-state index in [1.165, 1.54) is 7.11 Å². The molecule has 0 saturated heterocycles. The minimum Gasteiger partial charge on any atom is -0.465 e. The highest BCUT2D eigenvalue weighted by molar-refractivity contribution is 5.92. The van der Waals surface area contributed by atoms with Crippen molar-refractivity contribution in [3.05, 3.63) is 119 Å². The molecule has 0 fully saturated rings. The molecule has 10 heteroatoms. The summed E-state index contributed by atoms with van der Waals surface area (Å²) in [6, 6.07) is 24.5. The Hall–Kier alpha value is -3.69. The number of nitrogens with zero attached hydrogens (tertiary/aromatic N) is 2. The number of methoxy groups -OCH3 is 1. The van der Waals surface area contributed by atoms with Gasteiger partial charge in [-0.1, -0.05) is 54.6 Å². The topological polar surface area (TPSA) is 105 Å². The molecule has 1 heterocycles. The van der Waals surface area contributed by atoms with Crippen molar-refractivity contribution in [3.8, 4) is 0 Å². The number of rotatable bonds is 12. The van der Waals surface area contributed by atoms with Gasteiger partial charge in [-0.15, -0.1) is 24.8 Å². The molecule has 1 unspecified atom stereocenters. The number of amides is 1. The maximum atomic E-state index is 12.7. The van der Waals surface area contributed by atoms with Crippen LogP contribution in [0.4, 0.5) is 5.69 Å². The molecule has 8 nitrogen and oxygen atoms in total. The summed E-state index contributed by atoms with van der Waals surface area (Å²) in [5.41, 5.74) is 4.24. The quantitative estimate of drug-likeness (QED) is 0.166. The Kier molecular flexibility index (Phi) is 13.4. The number of carbonyl (C=O) groups is 2. The number of anilines is 1. The van der Waals surface area contributed by atoms with Gasteiger partial charge in [-0.05, 0) is 53.9 Å². The molecule has 3 N–H and O–H groups in total. The number of esters is 1. The zero-order chi connectivity index (χ0) is 26.7. The summed E-state index contributed by atoms with van der Waals surface area (Å²) in [7, 11) is 1.35. The van der Waals surface area contributed by atoms with Crippen LogP contribution in [0.25, 0.3) is 0 Å². The van der Waals surface area contributed by atoms with Crippen LogP contribution < -0.4 is 10.6 Å². The van der Waals surface area contributed by atoms with E-state index >= 15 is 0 Å². The molecule has 0 bridgehead atoms. The lowest BCUT2D eigenvalue weighted by molar-refractivity contribution is -0.115. The molecule has 0 aliphatic rings. The fourth-order valence-electron chi connectivity index (χ4n) is 4.08. The zero-order valence-corrected chi connectivity index (χ0v) is 23.8. The van der Waals surface area contributed by atoms with Crippen molar-refractivity contribution >= 4 is 42.4 Å². The SMILES string of the molecule is COC(=O)c1ccc(Cn2ccnc2CC(=O)Nc2ccc(CCNCC(O)c3ccccc3)cc2)cc1.Cl.Cl. The zero-order valence-electron chi connectivity index (χ0n) is 22.2. The summed E-state index contributed by atoms with van der Waals surface area (Å²) in [4.78, 5) is 28.6. The highest BCUT2D eigenvalue weighted by Crippen LogP contribution is 2.13. The summed E-state index contributed by atoms with van der Waals surface area (Å²) in [5, 5.41) is 16.5. The van der Waals surface area contributed by atoms with E-state index in [1.54, 1.807) is 18.3 Å². The van der Waals surface area contributed by atoms with E-state index in [9.17, 15) is 14.7 Å². The highest BCUT2D eigenvalue weighted by atomic mass is 35.5. The van der Waals surface area contributed by atoms with Crippen molar-refractivity contribution in [2.45, 2.75) is 25.5 Å². The van der Waals surface area contributed by atoms with E-state index in [2.05, 4.69) is 15.6 Å². The first-order valence-corrected chi connectivity index (χ1v) is 12.5. The first kappa shape index (κ1) is 32.5. The fraction of sp³-hybridized carbons (Fsp3) is 0.233. The second-order valence-corrected chi connectivity index (χ2v) is 8.96. The van der Waals surface area contributed by atoms with Crippen LogP contribution in [0.2, 0.25) is 0 Å². The van der Waals surface area contributed by atoms with Gasteiger partial charge in [0.2, 0.25) is 5.91 Å². The van der Waals surface area contributed by atoms with Gasteiger partial charge in [0.25, 0.3) is 0 Å². The average Bonchev–Trinajstić information content (AvgIpc) is 3.38. The van der Waals surface area contributed by atoms with Crippen LogP contribution in [0, 0.1) is 0 Å². The van der Waals surface area contributed by atoms with E-state index in [4.69, 9.17) is 4.74 Å². The normalized spacial score (nSPS) is 11.1. The Balaban J connectivity index is 0.00000280. The molecule has 40 heavy (non-hydrogen) atoms. The van der Waals surface area contributed by atoms with Gasteiger partial charge in [-0.2, -0.15) is 0 Å². The van der Waals surface area contributed by atoms with E-state index in [0.29, 0.717) is 24.5 Å². The number of aliphatic hydroxyl groups excluding tert-OH is 1. The smallest absolute Gasteiger partial charge is 0.337 e. The summed E-state index contributed by atoms with van der Waals surface area (Å²) >= 11 is 0. The molecule has 0 saturated carbocycles. The Morgan fingerprint density at radius 1 is 0.950 bits per heavy atom. The number of hydrogen-bond acceptors (Lipinski definition) is 6. The van der Waals surface area contributed by atoms with Crippen LogP contribution in [0.5, 0.6) is 0 Å². The van der Waals surface area contributed by atoms with Crippen LogP contribution in [-0.4, -0.2) is 46.7 Å². The van der Waals surface area contributed by atoms with Crippen molar-refractivity contribution in [3.63, 3.8) is 0 Å². The summed E-state index contributed by atoms with van der Waals surface area (Å²) in [5.74, 6) is 0.127. The van der Waals surface area contributed by atoms with Crippen LogP contribution in [0.15, 0.2) is 91.3 Å². The van der Waals surface area contributed by atoms with Gasteiger partial charge in [-0.3, -0.25) is 4.79 Å². The molecule has 0 radical (unpaired) electrons. The van der Waals surface area contributed by atoms with Gasteiger partial charge in [0.15, 0.2) is 0 Å². The third kappa shape index (κ3) is 9.50. The molecule has 0 aliphatic carbocycles. The van der Waals surface area contributed by atoms with Crippen molar-refractivity contribution < 1.29 is 19.4 Å². The second kappa shape index (κ2) is 16.4. The van der Waals surface area contributed by atoms with Gasteiger partial charge in [0, 0.05) is 31.2 Å². The van der Waals surface area contributed by atoms with Crippen molar-refractivity contribution in [1.29, 1.82) is 0 Å². The van der Waals surface area contributed by atoms with Crippen LogP contribution >= 0.6 is 24.8 Å². The molecule has 1 aromatic heterocycles. The monoisotopic (exact) mass is 584 g/mol. The minimum absolute atomic E-state index is 0. The van der Waals surface area contributed by atoms with Gasteiger partial charge in [-0.25, -0.2) is 9.78 Å². The van der Waals surface area contributed by atoms with E-state index in [-0.39, 0.29) is 43.1 Å².